The van der Waals surface area contributed by atoms with Crippen LogP contribution in [0.5, 0.6) is 0 Å². The van der Waals surface area contributed by atoms with Crippen molar-refractivity contribution in [3.8, 4) is 0 Å². The minimum absolute atomic E-state index is 0.0362. The van der Waals surface area contributed by atoms with Crippen LogP contribution in [-0.4, -0.2) is 74.3 Å². The Hall–Kier alpha value is -2.29. The number of phosphoric acid groups is 1. The molecule has 0 bridgehead atoms. The first-order valence-electron chi connectivity index (χ1n) is 32.6. The molecule has 0 aromatic rings. The lowest BCUT2D eigenvalue weighted by atomic mass is 10.0. The molecular formula is C67H126N2O7P+. The lowest BCUT2D eigenvalue weighted by molar-refractivity contribution is -0.870. The normalized spacial score (nSPS) is 14.0. The Morgan fingerprint density at radius 1 is 0.468 bits per heavy atom. The number of unbranched alkanes of at least 4 members (excludes halogenated alkanes) is 35. The Bertz CT molecular complexity index is 1500. The van der Waals surface area contributed by atoms with Gasteiger partial charge in [0.1, 0.15) is 19.3 Å². The van der Waals surface area contributed by atoms with Crippen LogP contribution in [0.1, 0.15) is 303 Å². The molecule has 0 spiro atoms. The summed E-state index contributed by atoms with van der Waals surface area (Å²) in [6, 6.07) is -0.857. The third-order valence-corrected chi connectivity index (χ3v) is 15.4. The number of hydrogen-bond acceptors (Lipinski definition) is 6. The third kappa shape index (κ3) is 58.2. The summed E-state index contributed by atoms with van der Waals surface area (Å²) in [6.07, 6.45) is 72.3. The number of amides is 1. The van der Waals surface area contributed by atoms with E-state index in [-0.39, 0.29) is 31.5 Å². The molecule has 450 valence electrons. The summed E-state index contributed by atoms with van der Waals surface area (Å²) < 4.78 is 30.7. The summed E-state index contributed by atoms with van der Waals surface area (Å²) in [5, 5.41) is 3.06. The number of phosphoric ester groups is 1. The number of rotatable bonds is 59. The number of allylic oxidation sites excluding steroid dienone is 9. The Kier molecular flexibility index (Phi) is 55.3. The molecule has 0 aromatic heterocycles. The van der Waals surface area contributed by atoms with Crippen molar-refractivity contribution in [2.75, 3.05) is 40.9 Å². The number of carbonyl (C=O) groups is 2. The molecule has 10 heteroatoms. The van der Waals surface area contributed by atoms with Crippen LogP contribution in [0.3, 0.4) is 0 Å². The van der Waals surface area contributed by atoms with Crippen molar-refractivity contribution in [3.05, 3.63) is 60.8 Å². The van der Waals surface area contributed by atoms with E-state index in [0.717, 1.165) is 83.5 Å². The summed E-state index contributed by atoms with van der Waals surface area (Å²) in [5.41, 5.74) is 0. The highest BCUT2D eigenvalue weighted by atomic mass is 31.2. The lowest BCUT2D eigenvalue weighted by Crippen LogP contribution is -2.47. The van der Waals surface area contributed by atoms with Crippen LogP contribution in [0.2, 0.25) is 0 Å². The van der Waals surface area contributed by atoms with Gasteiger partial charge in [0.25, 0.3) is 0 Å². The van der Waals surface area contributed by atoms with Gasteiger partial charge in [-0.1, -0.05) is 262 Å². The number of ether oxygens (including phenoxy) is 1. The molecule has 0 aromatic carbocycles. The lowest BCUT2D eigenvalue weighted by Gasteiger charge is -2.27. The molecule has 3 unspecified atom stereocenters. The highest BCUT2D eigenvalue weighted by Gasteiger charge is 2.30. The van der Waals surface area contributed by atoms with Crippen LogP contribution in [0.25, 0.3) is 0 Å². The third-order valence-electron chi connectivity index (χ3n) is 14.4. The minimum Gasteiger partial charge on any atom is -0.456 e. The molecule has 0 rings (SSSR count). The summed E-state index contributed by atoms with van der Waals surface area (Å²) in [6.45, 7) is 6.90. The zero-order valence-corrected chi connectivity index (χ0v) is 52.3. The summed E-state index contributed by atoms with van der Waals surface area (Å²) in [5.74, 6) is -0.523. The molecule has 0 radical (unpaired) electrons. The molecule has 2 N–H and O–H groups in total. The van der Waals surface area contributed by atoms with Gasteiger partial charge in [-0.15, -0.1) is 0 Å². The molecule has 0 saturated heterocycles. The van der Waals surface area contributed by atoms with E-state index >= 15 is 0 Å². The van der Waals surface area contributed by atoms with Gasteiger partial charge in [0.2, 0.25) is 5.91 Å². The van der Waals surface area contributed by atoms with E-state index in [1.54, 1.807) is 0 Å². The van der Waals surface area contributed by atoms with E-state index in [1.807, 2.05) is 33.3 Å². The smallest absolute Gasteiger partial charge is 0.456 e. The van der Waals surface area contributed by atoms with E-state index in [9.17, 15) is 19.0 Å². The van der Waals surface area contributed by atoms with Crippen LogP contribution in [0.15, 0.2) is 60.8 Å². The average molecular weight is 1100 g/mol. The van der Waals surface area contributed by atoms with Gasteiger partial charge in [-0.05, 0) is 89.5 Å². The van der Waals surface area contributed by atoms with Crippen LogP contribution in [0, 0.1) is 0 Å². The second-order valence-corrected chi connectivity index (χ2v) is 24.7. The second-order valence-electron chi connectivity index (χ2n) is 23.3. The number of hydrogen-bond donors (Lipinski definition) is 2. The maximum absolute atomic E-state index is 13.6. The maximum atomic E-state index is 13.6. The molecule has 0 heterocycles. The van der Waals surface area contributed by atoms with Crippen molar-refractivity contribution in [1.82, 2.24) is 5.32 Å². The Labute approximate surface area is 477 Å². The van der Waals surface area contributed by atoms with Crippen molar-refractivity contribution in [2.24, 2.45) is 0 Å². The topological polar surface area (TPSA) is 111 Å². The van der Waals surface area contributed by atoms with Gasteiger partial charge in [-0.2, -0.15) is 0 Å². The molecule has 77 heavy (non-hydrogen) atoms. The van der Waals surface area contributed by atoms with Crippen LogP contribution < -0.4 is 5.32 Å². The fraction of sp³-hybridized carbons (Fsp3) is 0.821. The molecule has 0 aliphatic heterocycles. The van der Waals surface area contributed by atoms with Crippen molar-refractivity contribution in [2.45, 2.75) is 315 Å². The fourth-order valence-electron chi connectivity index (χ4n) is 9.42. The monoisotopic (exact) mass is 1100 g/mol. The number of likely N-dealkylation sites (N-methyl/N-ethyl adjacent to an activating group) is 1. The molecule has 9 nitrogen and oxygen atoms in total. The van der Waals surface area contributed by atoms with E-state index in [2.05, 4.69) is 74.7 Å². The van der Waals surface area contributed by atoms with Gasteiger partial charge in [0.15, 0.2) is 0 Å². The molecule has 0 aliphatic rings. The van der Waals surface area contributed by atoms with Crippen LogP contribution >= 0.6 is 7.82 Å². The molecule has 3 atom stereocenters. The van der Waals surface area contributed by atoms with Gasteiger partial charge < -0.3 is 19.4 Å². The van der Waals surface area contributed by atoms with E-state index in [4.69, 9.17) is 13.8 Å². The first-order valence-corrected chi connectivity index (χ1v) is 34.1. The van der Waals surface area contributed by atoms with Crippen molar-refractivity contribution >= 4 is 19.7 Å². The molecular weight excluding hydrogens is 976 g/mol. The second kappa shape index (κ2) is 57.0. The minimum atomic E-state index is -4.45. The maximum Gasteiger partial charge on any atom is 0.472 e. The average Bonchev–Trinajstić information content (AvgIpc) is 3.39. The summed E-state index contributed by atoms with van der Waals surface area (Å²) in [4.78, 5) is 37.7. The summed E-state index contributed by atoms with van der Waals surface area (Å²) >= 11 is 0. The zero-order valence-electron chi connectivity index (χ0n) is 51.5. The van der Waals surface area contributed by atoms with E-state index < -0.39 is 20.0 Å². The van der Waals surface area contributed by atoms with Gasteiger partial charge in [0.05, 0.1) is 33.8 Å². The number of esters is 1. The first kappa shape index (κ1) is 74.7. The number of nitrogens with one attached hydrogen (secondary N) is 1. The van der Waals surface area contributed by atoms with Crippen LogP contribution in [-0.2, 0) is 27.9 Å². The predicted molar refractivity (Wildman–Crippen MR) is 332 cm³/mol. The number of carbonyl (C=O) groups excluding carboxylic acids is 2. The Morgan fingerprint density at radius 2 is 0.831 bits per heavy atom. The molecule has 1 amide bonds. The summed E-state index contributed by atoms with van der Waals surface area (Å²) in [7, 11) is 1.49. The van der Waals surface area contributed by atoms with E-state index in [0.29, 0.717) is 23.9 Å². The zero-order chi connectivity index (χ0) is 56.4. The van der Waals surface area contributed by atoms with Crippen LogP contribution in [0.4, 0.5) is 0 Å². The van der Waals surface area contributed by atoms with Gasteiger partial charge >= 0.3 is 13.8 Å². The fourth-order valence-corrected chi connectivity index (χ4v) is 10.2. The van der Waals surface area contributed by atoms with Crippen molar-refractivity contribution in [3.63, 3.8) is 0 Å². The standard InChI is InChI=1S/C67H125N2O7P/c1-7-10-13-16-19-22-25-28-30-31-32-33-34-35-36-37-38-39-40-41-44-47-50-53-56-59-66(70)68-64(63-75-77(72,73)74-62-61-69(4,5)6)65(58-55-52-49-46-43-27-24-21-18-15-12-9-3)76-67(71)60-57-54-51-48-45-42-29-26-23-20-17-14-11-8-2/h11,14,20,23,28-30,42,55,58,64-65H,7-10,12-13,15-19,21-22,24-27,31-41,43-54,56-57,59-63H2,1-6H3,(H-,68,70,72,73)/p+1/b14-11+,23-20+,30-28+,42-29+,58-55-. The van der Waals surface area contributed by atoms with Gasteiger partial charge in [-0.3, -0.25) is 18.6 Å². The number of nitrogens with zero attached hydrogens (tertiary/aromatic N) is 1. The molecule has 0 aliphatic carbocycles. The van der Waals surface area contributed by atoms with Crippen molar-refractivity contribution in [1.29, 1.82) is 0 Å². The predicted octanol–water partition coefficient (Wildman–Crippen LogP) is 20.2. The Morgan fingerprint density at radius 3 is 1.26 bits per heavy atom. The quantitative estimate of drug-likeness (QED) is 0.0205. The highest BCUT2D eigenvalue weighted by Crippen LogP contribution is 2.43. The number of quaternary nitrogens is 1. The molecule has 0 saturated carbocycles. The van der Waals surface area contributed by atoms with Crippen molar-refractivity contribution < 1.29 is 37.3 Å². The van der Waals surface area contributed by atoms with E-state index in [1.165, 1.54) is 180 Å². The van der Waals surface area contributed by atoms with Gasteiger partial charge in [-0.25, -0.2) is 4.57 Å². The highest BCUT2D eigenvalue weighted by molar-refractivity contribution is 7.47. The van der Waals surface area contributed by atoms with Gasteiger partial charge in [0, 0.05) is 12.8 Å². The first-order chi connectivity index (χ1) is 37.4. The Balaban J connectivity index is 5.08. The largest absolute Gasteiger partial charge is 0.472 e. The molecule has 0 fully saturated rings. The SMILES string of the molecule is CC/C=C/C/C=C/C/C=C/CCCCCCC(=O)OC(/C=C\CCCCCCCCCCCC)C(COP(=O)(O)OCC[N+](C)(C)C)NC(=O)CCCCCCCCCCCCCCCCC/C=C/CCCCCCCC.